The van der Waals surface area contributed by atoms with Crippen LogP contribution in [0.3, 0.4) is 0 Å². The van der Waals surface area contributed by atoms with E-state index in [4.69, 9.17) is 32.7 Å². The minimum absolute atomic E-state index is 0.397. The molecule has 0 amide bonds. The highest BCUT2D eigenvalue weighted by molar-refractivity contribution is 6.36. The highest BCUT2D eigenvalue weighted by atomic mass is 35.5. The molecule has 3 aliphatic rings. The Hall–Kier alpha value is -1.64. The van der Waals surface area contributed by atoms with Crippen LogP contribution in [-0.2, 0) is 9.47 Å². The molecule has 4 heterocycles. The Morgan fingerprint density at radius 1 is 0.833 bits per heavy atom. The molecule has 0 aromatic carbocycles. The molecular formula is C27H37Cl2N5O2. The van der Waals surface area contributed by atoms with E-state index in [0.29, 0.717) is 34.3 Å². The molecule has 36 heavy (non-hydrogen) atoms. The van der Waals surface area contributed by atoms with Gasteiger partial charge in [0.25, 0.3) is 0 Å². The fraction of sp³-hybridized carbons (Fsp3) is 0.630. The molecule has 196 valence electrons. The first-order valence-electron chi connectivity index (χ1n) is 13.4. The highest BCUT2D eigenvalue weighted by Crippen LogP contribution is 2.35. The van der Waals surface area contributed by atoms with Gasteiger partial charge in [-0.3, -0.25) is 0 Å². The van der Waals surface area contributed by atoms with Crippen LogP contribution in [0.25, 0.3) is 11.1 Å². The van der Waals surface area contributed by atoms with E-state index in [1.165, 1.54) is 12.8 Å². The number of aromatic nitrogens is 2. The lowest BCUT2D eigenvalue weighted by atomic mass is 9.91. The van der Waals surface area contributed by atoms with E-state index in [0.717, 1.165) is 94.1 Å². The van der Waals surface area contributed by atoms with Crippen LogP contribution in [0, 0.1) is 5.92 Å². The van der Waals surface area contributed by atoms with Crippen LogP contribution in [0.4, 0.5) is 11.5 Å². The van der Waals surface area contributed by atoms with Gasteiger partial charge >= 0.3 is 0 Å². The lowest BCUT2D eigenvalue weighted by molar-refractivity contribution is 0.0699. The second-order valence-corrected chi connectivity index (χ2v) is 11.0. The number of nitrogens with zero attached hydrogens (tertiary/aromatic N) is 2. The highest BCUT2D eigenvalue weighted by Gasteiger charge is 2.23. The van der Waals surface area contributed by atoms with Gasteiger partial charge in [-0.15, -0.1) is 0 Å². The SMILES string of the molecule is Clc1cnc(NC2CCC(NCC3CCCO3)CC2)cc1-c1cc(NCC2CCOCC2)cnc1Cl. The molecule has 3 fully saturated rings. The van der Waals surface area contributed by atoms with Crippen LogP contribution in [0.5, 0.6) is 0 Å². The second-order valence-electron chi connectivity index (χ2n) is 10.3. The van der Waals surface area contributed by atoms with E-state index in [1.54, 1.807) is 12.4 Å². The Morgan fingerprint density at radius 2 is 1.64 bits per heavy atom. The number of ether oxygens (including phenoxy) is 2. The van der Waals surface area contributed by atoms with Crippen molar-refractivity contribution in [3.8, 4) is 11.1 Å². The molecule has 7 nitrogen and oxygen atoms in total. The van der Waals surface area contributed by atoms with E-state index in [2.05, 4.69) is 25.9 Å². The molecule has 0 bridgehead atoms. The number of pyridine rings is 2. The topological polar surface area (TPSA) is 80.3 Å². The summed E-state index contributed by atoms with van der Waals surface area (Å²) in [5.74, 6) is 1.43. The van der Waals surface area contributed by atoms with Crippen molar-refractivity contribution in [2.45, 2.75) is 69.6 Å². The first-order chi connectivity index (χ1) is 17.6. The zero-order chi connectivity index (χ0) is 24.7. The summed E-state index contributed by atoms with van der Waals surface area (Å²) in [6, 6.07) is 5.00. The average Bonchev–Trinajstić information content (AvgIpc) is 3.43. The number of hydrogen-bond donors (Lipinski definition) is 3. The Morgan fingerprint density at radius 3 is 2.42 bits per heavy atom. The normalized spacial score (nSPS) is 25.1. The molecule has 3 N–H and O–H groups in total. The first kappa shape index (κ1) is 26.0. The summed E-state index contributed by atoms with van der Waals surface area (Å²) in [5.41, 5.74) is 2.59. The van der Waals surface area contributed by atoms with Gasteiger partial charge in [-0.05, 0) is 69.4 Å². The second kappa shape index (κ2) is 12.7. The van der Waals surface area contributed by atoms with Crippen molar-refractivity contribution in [1.29, 1.82) is 0 Å². The van der Waals surface area contributed by atoms with Crippen LogP contribution >= 0.6 is 23.2 Å². The van der Waals surface area contributed by atoms with Crippen molar-refractivity contribution in [2.24, 2.45) is 5.92 Å². The van der Waals surface area contributed by atoms with Crippen LogP contribution < -0.4 is 16.0 Å². The van der Waals surface area contributed by atoms with Crippen molar-refractivity contribution in [3.05, 3.63) is 34.7 Å². The Kier molecular flexibility index (Phi) is 9.20. The van der Waals surface area contributed by atoms with Gasteiger partial charge in [-0.25, -0.2) is 9.97 Å². The van der Waals surface area contributed by atoms with E-state index in [1.807, 2.05) is 12.1 Å². The van der Waals surface area contributed by atoms with Gasteiger partial charge in [0, 0.05) is 62.3 Å². The Balaban J connectivity index is 1.18. The van der Waals surface area contributed by atoms with Crippen LogP contribution in [0.1, 0.15) is 51.4 Å². The fourth-order valence-electron chi connectivity index (χ4n) is 5.42. The molecule has 1 saturated carbocycles. The van der Waals surface area contributed by atoms with Gasteiger partial charge in [0.15, 0.2) is 0 Å². The van der Waals surface area contributed by atoms with Crippen molar-refractivity contribution in [2.75, 3.05) is 43.5 Å². The minimum Gasteiger partial charge on any atom is -0.384 e. The van der Waals surface area contributed by atoms with E-state index < -0.39 is 0 Å². The molecule has 1 atom stereocenters. The van der Waals surface area contributed by atoms with Crippen LogP contribution in [0.2, 0.25) is 10.2 Å². The molecule has 0 radical (unpaired) electrons. The van der Waals surface area contributed by atoms with Crippen LogP contribution in [-0.4, -0.2) is 61.1 Å². The predicted molar refractivity (Wildman–Crippen MR) is 146 cm³/mol. The summed E-state index contributed by atoms with van der Waals surface area (Å²) in [5, 5.41) is 11.8. The predicted octanol–water partition coefficient (Wildman–Crippen LogP) is 5.78. The van der Waals surface area contributed by atoms with Crippen molar-refractivity contribution in [1.82, 2.24) is 15.3 Å². The van der Waals surface area contributed by atoms with Gasteiger partial charge < -0.3 is 25.4 Å². The van der Waals surface area contributed by atoms with Crippen molar-refractivity contribution < 1.29 is 9.47 Å². The third-order valence-electron chi connectivity index (χ3n) is 7.66. The summed E-state index contributed by atoms with van der Waals surface area (Å²) < 4.78 is 11.2. The van der Waals surface area contributed by atoms with Crippen molar-refractivity contribution >= 4 is 34.7 Å². The summed E-state index contributed by atoms with van der Waals surface area (Å²) in [7, 11) is 0. The monoisotopic (exact) mass is 533 g/mol. The fourth-order valence-corrected chi connectivity index (χ4v) is 5.84. The zero-order valence-electron chi connectivity index (χ0n) is 20.8. The summed E-state index contributed by atoms with van der Waals surface area (Å²) >= 11 is 13.1. The maximum Gasteiger partial charge on any atom is 0.137 e. The largest absolute Gasteiger partial charge is 0.384 e. The van der Waals surface area contributed by atoms with Gasteiger partial charge in [-0.1, -0.05) is 23.2 Å². The summed E-state index contributed by atoms with van der Waals surface area (Å²) in [6.45, 7) is 4.47. The first-order valence-corrected chi connectivity index (χ1v) is 14.1. The third-order valence-corrected chi connectivity index (χ3v) is 8.26. The zero-order valence-corrected chi connectivity index (χ0v) is 22.3. The van der Waals surface area contributed by atoms with Crippen LogP contribution in [0.15, 0.2) is 24.5 Å². The number of hydrogen-bond acceptors (Lipinski definition) is 7. The third kappa shape index (κ3) is 7.01. The number of halogens is 2. The molecule has 2 aromatic rings. The van der Waals surface area contributed by atoms with Gasteiger partial charge in [0.05, 0.1) is 23.0 Å². The average molecular weight is 535 g/mol. The van der Waals surface area contributed by atoms with Gasteiger partial charge in [0.2, 0.25) is 0 Å². The summed E-state index contributed by atoms with van der Waals surface area (Å²) in [4.78, 5) is 8.97. The van der Waals surface area contributed by atoms with E-state index in [-0.39, 0.29) is 0 Å². The molecular weight excluding hydrogens is 497 g/mol. The molecule has 0 spiro atoms. The molecule has 9 heteroatoms. The minimum atomic E-state index is 0.397. The van der Waals surface area contributed by atoms with Crippen molar-refractivity contribution in [3.63, 3.8) is 0 Å². The quantitative estimate of drug-likeness (QED) is 0.352. The molecule has 1 unspecified atom stereocenters. The smallest absolute Gasteiger partial charge is 0.137 e. The molecule has 2 saturated heterocycles. The lowest BCUT2D eigenvalue weighted by Gasteiger charge is -2.30. The molecule has 1 aliphatic carbocycles. The van der Waals surface area contributed by atoms with E-state index >= 15 is 0 Å². The molecule has 2 aromatic heterocycles. The maximum atomic E-state index is 6.57. The lowest BCUT2D eigenvalue weighted by Crippen LogP contribution is -2.40. The number of nitrogens with one attached hydrogen (secondary N) is 3. The molecule has 5 rings (SSSR count). The Labute approximate surface area is 224 Å². The Bertz CT molecular complexity index is 990. The number of rotatable bonds is 9. The maximum absolute atomic E-state index is 6.57. The van der Waals surface area contributed by atoms with Gasteiger partial charge in [-0.2, -0.15) is 0 Å². The standard InChI is InChI=1S/C27H37Cl2N5O2/c28-25-17-32-26(34-20-5-3-19(4-6-20)31-16-22-2-1-9-36-22)13-23(25)24-12-21(15-33-27(24)29)30-14-18-7-10-35-11-8-18/h12-13,15,17-20,22,30-31H,1-11,14,16H2,(H,32,34). The van der Waals surface area contributed by atoms with Gasteiger partial charge in [0.1, 0.15) is 11.0 Å². The summed E-state index contributed by atoms with van der Waals surface area (Å²) in [6.07, 6.45) is 12.9. The molecule has 2 aliphatic heterocycles. The van der Waals surface area contributed by atoms with E-state index in [9.17, 15) is 0 Å². The number of anilines is 2.